The van der Waals surface area contributed by atoms with Crippen LogP contribution in [0.3, 0.4) is 0 Å². The molecule has 9 nitrogen and oxygen atoms in total. The zero-order valence-corrected chi connectivity index (χ0v) is 32.1. The minimum absolute atomic E-state index is 0. The van der Waals surface area contributed by atoms with Crippen LogP contribution >= 0.6 is 61.8 Å². The number of aromatic nitrogens is 2. The van der Waals surface area contributed by atoms with Crippen molar-refractivity contribution in [2.45, 2.75) is 25.7 Å². The average Bonchev–Trinajstić information content (AvgIpc) is 3.48. The van der Waals surface area contributed by atoms with E-state index in [1.54, 1.807) is 12.1 Å². The normalized spacial score (nSPS) is 8.87. The Balaban J connectivity index is -0.000000500. The second-order valence-corrected chi connectivity index (χ2v) is 10.4. The molecule has 0 atom stereocenters. The van der Waals surface area contributed by atoms with Crippen molar-refractivity contribution >= 4 is 88.7 Å². The minimum Gasteiger partial charge on any atom is -1.00 e. The number of unbranched alkanes of at least 4 members (excludes halogenated alkanes) is 2. The molecule has 0 saturated heterocycles. The number of para-hydroxylation sites is 2. The maximum absolute atomic E-state index is 9.27. The number of carbonyl (C=O) groups excluding carboxylic acids is 1. The molecule has 0 spiro atoms. The van der Waals surface area contributed by atoms with Gasteiger partial charge < -0.3 is 21.4 Å². The molecule has 16 heteroatoms. The molecule has 0 amide bonds. The van der Waals surface area contributed by atoms with Gasteiger partial charge in [0.2, 0.25) is 0 Å². The van der Waals surface area contributed by atoms with Gasteiger partial charge >= 0.3 is 103 Å². The molecule has 2 aromatic carbocycles. The summed E-state index contributed by atoms with van der Waals surface area (Å²) in [6.07, 6.45) is 2.88. The first-order valence-electron chi connectivity index (χ1n) is 10.4. The number of thiazole rings is 2. The van der Waals surface area contributed by atoms with Gasteiger partial charge in [-0.1, -0.05) is 51.3 Å². The van der Waals surface area contributed by atoms with Gasteiger partial charge in [0.15, 0.2) is 8.93 Å². The number of ether oxygens (including phenoxy) is 1. The molecule has 0 fully saturated rings. The summed E-state index contributed by atoms with van der Waals surface area (Å²) in [6, 6.07) is 15.1. The number of benzene rings is 2. The van der Waals surface area contributed by atoms with Crippen molar-refractivity contribution in [2.75, 3.05) is 11.9 Å². The standard InChI is InChI=1S/C11H9ClN2OS.C7H4ClNOS.C4H6BrN.CH2O3.2K.H/c12-11-14-10-8(15-7-2-1-6-13)4-3-5-9(10)16-11;8-7-9-6-4(10)2-1-3-5(6)11-7;5-3-1-2-4-6;2-1-4-3;;;/h3-5H,1-2,7H2;1-3,10H;1-3H2;1,3H;;;/q;;;;2*+1;-1/p-1. The van der Waals surface area contributed by atoms with E-state index in [9.17, 15) is 5.11 Å². The number of carbonyl (C=O) groups is 1. The summed E-state index contributed by atoms with van der Waals surface area (Å²) >= 11 is 17.5. The predicted molar refractivity (Wildman–Crippen MR) is 148 cm³/mol. The van der Waals surface area contributed by atoms with E-state index < -0.39 is 0 Å². The van der Waals surface area contributed by atoms with Crippen LogP contribution in [0.2, 0.25) is 8.93 Å². The Bertz CT molecular complexity index is 1340. The summed E-state index contributed by atoms with van der Waals surface area (Å²) in [5.41, 5.74) is 1.39. The molecule has 0 saturated carbocycles. The number of hydrogen-bond donors (Lipinski definition) is 1. The van der Waals surface area contributed by atoms with Gasteiger partial charge in [-0.05, 0) is 37.1 Å². The van der Waals surface area contributed by atoms with Gasteiger partial charge in [-0.15, -0.1) is 22.7 Å². The quantitative estimate of drug-likeness (QED) is 0.0719. The van der Waals surface area contributed by atoms with Crippen LogP contribution < -0.4 is 113 Å². The van der Waals surface area contributed by atoms with E-state index in [1.165, 1.54) is 22.7 Å². The van der Waals surface area contributed by atoms with Gasteiger partial charge in [-0.3, -0.25) is 4.79 Å². The topological polar surface area (TPSA) is 152 Å². The fourth-order valence-corrected chi connectivity index (χ4v) is 4.77. The van der Waals surface area contributed by atoms with Crippen molar-refractivity contribution < 1.29 is 129 Å². The zero-order chi connectivity index (χ0) is 27.5. The Morgan fingerprint density at radius 2 is 1.51 bits per heavy atom. The van der Waals surface area contributed by atoms with E-state index in [4.69, 9.17) is 48.5 Å². The molecular formula is C23H21BrCl2K2N4O5S2. The number of aromatic hydroxyl groups is 1. The van der Waals surface area contributed by atoms with Crippen molar-refractivity contribution in [2.24, 2.45) is 0 Å². The number of phenolic OH excluding ortho intramolecular Hbond substituents is 1. The van der Waals surface area contributed by atoms with Crippen molar-refractivity contribution in [1.29, 1.82) is 10.5 Å². The molecule has 39 heavy (non-hydrogen) atoms. The van der Waals surface area contributed by atoms with Crippen molar-refractivity contribution in [1.82, 2.24) is 9.97 Å². The molecule has 0 unspecified atom stereocenters. The average molecular weight is 727 g/mol. The van der Waals surface area contributed by atoms with Crippen molar-refractivity contribution in [3.63, 3.8) is 0 Å². The molecule has 0 bridgehead atoms. The molecule has 1 N–H and O–H groups in total. The van der Waals surface area contributed by atoms with Crippen LogP contribution in [0, 0.1) is 22.7 Å². The maximum atomic E-state index is 9.27. The maximum Gasteiger partial charge on any atom is 1.00 e. The molecule has 4 aromatic rings. The molecule has 0 aliphatic rings. The van der Waals surface area contributed by atoms with Crippen LogP contribution in [0.4, 0.5) is 0 Å². The van der Waals surface area contributed by atoms with Crippen LogP contribution in [0.5, 0.6) is 11.5 Å². The van der Waals surface area contributed by atoms with Crippen LogP contribution in [-0.2, 0) is 9.68 Å². The van der Waals surface area contributed by atoms with Gasteiger partial charge in [0.25, 0.3) is 6.47 Å². The smallest absolute Gasteiger partial charge is 1.00 e. The molecule has 0 radical (unpaired) electrons. The van der Waals surface area contributed by atoms with E-state index >= 15 is 0 Å². The fraction of sp³-hybridized carbons (Fsp3) is 0.261. The molecular weight excluding hydrogens is 705 g/mol. The van der Waals surface area contributed by atoms with Gasteiger partial charge in [0, 0.05) is 18.2 Å². The van der Waals surface area contributed by atoms with Gasteiger partial charge in [-0.2, -0.15) is 10.5 Å². The Kier molecular flexibility index (Phi) is 28.0. The Labute approximate surface area is 338 Å². The van der Waals surface area contributed by atoms with Crippen molar-refractivity contribution in [3.8, 4) is 23.6 Å². The number of alkyl halides is 1. The third-order valence-corrected chi connectivity index (χ3v) is 6.69. The monoisotopic (exact) mass is 724 g/mol. The number of halogens is 3. The van der Waals surface area contributed by atoms with E-state index in [1.807, 2.05) is 30.3 Å². The van der Waals surface area contributed by atoms with Gasteiger partial charge in [0.1, 0.15) is 22.5 Å². The summed E-state index contributed by atoms with van der Waals surface area (Å²) < 4.78 is 8.47. The second-order valence-electron chi connectivity index (χ2n) is 6.41. The first kappa shape index (κ1) is 41.7. The van der Waals surface area contributed by atoms with Gasteiger partial charge in [-0.25, -0.2) is 9.97 Å². The second kappa shape index (κ2) is 26.2. The third-order valence-electron chi connectivity index (χ3n) is 3.88. The Morgan fingerprint density at radius 3 is 2.00 bits per heavy atom. The summed E-state index contributed by atoms with van der Waals surface area (Å²) in [4.78, 5) is 19.4. The largest absolute Gasteiger partial charge is 1.00 e. The van der Waals surface area contributed by atoms with Crippen LogP contribution in [0.25, 0.3) is 20.4 Å². The van der Waals surface area contributed by atoms with E-state index in [0.29, 0.717) is 33.9 Å². The van der Waals surface area contributed by atoms with E-state index in [-0.39, 0.29) is 116 Å². The fourth-order valence-electron chi connectivity index (χ4n) is 2.40. The number of nitrogens with zero attached hydrogens (tertiary/aromatic N) is 4. The Hall–Kier alpha value is 0.563. The molecule has 0 aliphatic heterocycles. The molecule has 2 aromatic heterocycles. The zero-order valence-electron chi connectivity index (χ0n) is 22.1. The Morgan fingerprint density at radius 1 is 1.00 bits per heavy atom. The summed E-state index contributed by atoms with van der Waals surface area (Å²) in [5.74, 6) is 0.921. The summed E-state index contributed by atoms with van der Waals surface area (Å²) in [5, 5.41) is 35.0. The first-order valence-corrected chi connectivity index (χ1v) is 13.9. The van der Waals surface area contributed by atoms with E-state index in [2.05, 4.69) is 36.9 Å². The van der Waals surface area contributed by atoms with E-state index in [0.717, 1.165) is 38.8 Å². The van der Waals surface area contributed by atoms with Crippen LogP contribution in [0.1, 0.15) is 27.1 Å². The summed E-state index contributed by atoms with van der Waals surface area (Å²) in [6.45, 7) is 0.349. The molecule has 2 heterocycles. The first-order chi connectivity index (χ1) is 17.9. The number of nitriles is 2. The molecule has 198 valence electrons. The predicted octanol–water partition coefficient (Wildman–Crippen LogP) is 0.528. The number of fused-ring (bicyclic) bond motifs is 2. The number of phenols is 1. The number of hydrogen-bond acceptors (Lipinski definition) is 11. The van der Waals surface area contributed by atoms with Crippen molar-refractivity contribution in [3.05, 3.63) is 45.3 Å². The summed E-state index contributed by atoms with van der Waals surface area (Å²) in [7, 11) is 0. The minimum atomic E-state index is -0.181. The van der Waals surface area contributed by atoms with Crippen LogP contribution in [0.15, 0.2) is 36.4 Å². The van der Waals surface area contributed by atoms with Crippen LogP contribution in [-0.4, -0.2) is 33.5 Å². The SMILES string of the molecule is N#CCCCBr.N#CCCCOc1cccc2sc(Cl)nc12.O=CO[O-].Oc1cccc2sc(Cl)nc12.[H-].[K+].[K+]. The van der Waals surface area contributed by atoms with Gasteiger partial charge in [0.05, 0.1) is 28.1 Å². The third kappa shape index (κ3) is 17.3. The molecule has 0 aliphatic carbocycles. The molecule has 4 rings (SSSR count). The number of rotatable bonds is 7.